The molecule has 1 aliphatic heterocycles. The van der Waals surface area contributed by atoms with Crippen molar-refractivity contribution in [2.75, 3.05) is 33.3 Å². The molecule has 0 atom stereocenters. The summed E-state index contributed by atoms with van der Waals surface area (Å²) in [6, 6.07) is 11.3. The number of ether oxygens (including phenoxy) is 1. The van der Waals surface area contributed by atoms with Gasteiger partial charge in [-0.3, -0.25) is 4.79 Å². The molecular weight excluding hydrogens is 422 g/mol. The zero-order valence-electron chi connectivity index (χ0n) is 18.6. The standard InChI is InChI=1S/C23H27N7O3/c1-33-20-7-4-18(5-8-20)6-9-21(31)28-11-13-29(14-12-28)23(32)26-15-19-3-2-10-25-22(19)30-17-24-16-27-30/h2-5,7-8,10,16-17H,6,9,11-15H2,1H3,(H,26,32). The van der Waals surface area contributed by atoms with Gasteiger partial charge < -0.3 is 19.9 Å². The Hall–Kier alpha value is -3.95. The third-order valence-corrected chi connectivity index (χ3v) is 5.64. The number of methoxy groups -OCH3 is 1. The Morgan fingerprint density at radius 3 is 2.52 bits per heavy atom. The topological polar surface area (TPSA) is 105 Å². The minimum atomic E-state index is -0.159. The summed E-state index contributed by atoms with van der Waals surface area (Å²) in [5.74, 6) is 1.54. The summed E-state index contributed by atoms with van der Waals surface area (Å²) >= 11 is 0. The maximum atomic E-state index is 12.7. The van der Waals surface area contributed by atoms with Crippen LogP contribution in [0.25, 0.3) is 5.82 Å². The molecule has 0 aliphatic carbocycles. The van der Waals surface area contributed by atoms with E-state index in [1.54, 1.807) is 29.2 Å². The van der Waals surface area contributed by atoms with Gasteiger partial charge in [0.2, 0.25) is 5.91 Å². The zero-order chi connectivity index (χ0) is 23.0. The lowest BCUT2D eigenvalue weighted by atomic mass is 10.1. The Kier molecular flexibility index (Phi) is 7.13. The average molecular weight is 450 g/mol. The number of pyridine rings is 1. The predicted molar refractivity (Wildman–Crippen MR) is 121 cm³/mol. The van der Waals surface area contributed by atoms with E-state index in [0.717, 1.165) is 16.9 Å². The molecule has 3 heterocycles. The van der Waals surface area contributed by atoms with Gasteiger partial charge in [0.15, 0.2) is 5.82 Å². The van der Waals surface area contributed by atoms with Gasteiger partial charge in [-0.25, -0.2) is 19.4 Å². The van der Waals surface area contributed by atoms with Crippen LogP contribution in [0.15, 0.2) is 55.2 Å². The SMILES string of the molecule is COc1ccc(CCC(=O)N2CCN(C(=O)NCc3cccnc3-n3cncn3)CC2)cc1. The Balaban J connectivity index is 1.22. The third-order valence-electron chi connectivity index (χ3n) is 5.64. The number of nitrogens with one attached hydrogen (secondary N) is 1. The number of amides is 3. The number of urea groups is 1. The van der Waals surface area contributed by atoms with Crippen molar-refractivity contribution < 1.29 is 14.3 Å². The van der Waals surface area contributed by atoms with E-state index in [-0.39, 0.29) is 11.9 Å². The first-order valence-electron chi connectivity index (χ1n) is 10.9. The zero-order valence-corrected chi connectivity index (χ0v) is 18.6. The van der Waals surface area contributed by atoms with E-state index in [1.807, 2.05) is 41.3 Å². The first-order valence-corrected chi connectivity index (χ1v) is 10.9. The highest BCUT2D eigenvalue weighted by Crippen LogP contribution is 2.14. The fourth-order valence-corrected chi connectivity index (χ4v) is 3.74. The summed E-state index contributed by atoms with van der Waals surface area (Å²) in [5, 5.41) is 7.05. The first kappa shape index (κ1) is 22.3. The van der Waals surface area contributed by atoms with Crippen molar-refractivity contribution in [1.29, 1.82) is 0 Å². The lowest BCUT2D eigenvalue weighted by Gasteiger charge is -2.34. The van der Waals surface area contributed by atoms with E-state index in [2.05, 4.69) is 20.4 Å². The molecule has 1 aliphatic rings. The summed E-state index contributed by atoms with van der Waals surface area (Å²) < 4.78 is 6.73. The Bertz CT molecular complexity index is 1060. The van der Waals surface area contributed by atoms with Crippen molar-refractivity contribution in [3.8, 4) is 11.6 Å². The number of hydrogen-bond acceptors (Lipinski definition) is 6. The van der Waals surface area contributed by atoms with Crippen molar-refractivity contribution in [1.82, 2.24) is 34.9 Å². The number of benzene rings is 1. The second kappa shape index (κ2) is 10.6. The molecular formula is C23H27N7O3. The van der Waals surface area contributed by atoms with Crippen LogP contribution < -0.4 is 10.1 Å². The highest BCUT2D eigenvalue weighted by Gasteiger charge is 2.24. The van der Waals surface area contributed by atoms with Gasteiger partial charge in [0.05, 0.1) is 7.11 Å². The van der Waals surface area contributed by atoms with Crippen molar-refractivity contribution in [2.24, 2.45) is 0 Å². The molecule has 1 N–H and O–H groups in total. The molecule has 3 aromatic rings. The minimum absolute atomic E-state index is 0.110. The number of rotatable bonds is 7. The Morgan fingerprint density at radius 1 is 1.06 bits per heavy atom. The number of hydrogen-bond donors (Lipinski definition) is 1. The molecule has 0 radical (unpaired) electrons. The van der Waals surface area contributed by atoms with Crippen molar-refractivity contribution >= 4 is 11.9 Å². The molecule has 1 aromatic carbocycles. The van der Waals surface area contributed by atoms with Crippen LogP contribution in [0.5, 0.6) is 5.75 Å². The molecule has 0 unspecified atom stereocenters. The van der Waals surface area contributed by atoms with Gasteiger partial charge in [0.25, 0.3) is 0 Å². The molecule has 172 valence electrons. The van der Waals surface area contributed by atoms with Gasteiger partial charge in [-0.1, -0.05) is 18.2 Å². The van der Waals surface area contributed by atoms with Crippen molar-refractivity contribution in [3.63, 3.8) is 0 Å². The maximum absolute atomic E-state index is 12.7. The van der Waals surface area contributed by atoms with Gasteiger partial charge in [-0.2, -0.15) is 5.10 Å². The first-order chi connectivity index (χ1) is 16.1. The smallest absolute Gasteiger partial charge is 0.317 e. The number of aromatic nitrogens is 4. The molecule has 2 aromatic heterocycles. The number of carbonyl (C=O) groups is 2. The van der Waals surface area contributed by atoms with Gasteiger partial charge >= 0.3 is 6.03 Å². The molecule has 0 bridgehead atoms. The van der Waals surface area contributed by atoms with Crippen LogP contribution in [-0.4, -0.2) is 74.8 Å². The molecule has 33 heavy (non-hydrogen) atoms. The van der Waals surface area contributed by atoms with E-state index < -0.39 is 0 Å². The number of carbonyl (C=O) groups excluding carboxylic acids is 2. The van der Waals surface area contributed by atoms with Gasteiger partial charge in [0, 0.05) is 50.9 Å². The summed E-state index contributed by atoms with van der Waals surface area (Å²) in [7, 11) is 1.63. The third kappa shape index (κ3) is 5.65. The van der Waals surface area contributed by atoms with Crippen LogP contribution >= 0.6 is 0 Å². The Labute approximate surface area is 192 Å². The molecule has 10 nitrogen and oxygen atoms in total. The van der Waals surface area contributed by atoms with Gasteiger partial charge in [-0.05, 0) is 30.2 Å². The summed E-state index contributed by atoms with van der Waals surface area (Å²) in [4.78, 5) is 37.1. The molecule has 0 spiro atoms. The average Bonchev–Trinajstić information content (AvgIpc) is 3.41. The van der Waals surface area contributed by atoms with Crippen LogP contribution in [0.4, 0.5) is 4.79 Å². The Morgan fingerprint density at radius 2 is 1.82 bits per heavy atom. The number of aryl methyl sites for hydroxylation is 1. The van der Waals surface area contributed by atoms with Crippen LogP contribution in [0, 0.1) is 0 Å². The van der Waals surface area contributed by atoms with Gasteiger partial charge in [0.1, 0.15) is 18.4 Å². The molecule has 1 fully saturated rings. The van der Waals surface area contributed by atoms with Crippen LogP contribution in [0.1, 0.15) is 17.5 Å². The highest BCUT2D eigenvalue weighted by molar-refractivity contribution is 5.78. The monoisotopic (exact) mass is 449 g/mol. The van der Waals surface area contributed by atoms with Crippen molar-refractivity contribution in [2.45, 2.75) is 19.4 Å². The van der Waals surface area contributed by atoms with Crippen LogP contribution in [0.2, 0.25) is 0 Å². The van der Waals surface area contributed by atoms with E-state index >= 15 is 0 Å². The van der Waals surface area contributed by atoms with Crippen LogP contribution in [-0.2, 0) is 17.8 Å². The molecule has 4 rings (SSSR count). The van der Waals surface area contributed by atoms with E-state index in [1.165, 1.54) is 6.33 Å². The lowest BCUT2D eigenvalue weighted by Crippen LogP contribution is -2.53. The second-order valence-electron chi connectivity index (χ2n) is 7.70. The van der Waals surface area contributed by atoms with E-state index in [0.29, 0.717) is 51.4 Å². The molecule has 10 heteroatoms. The fourth-order valence-electron chi connectivity index (χ4n) is 3.74. The lowest BCUT2D eigenvalue weighted by molar-refractivity contribution is -0.132. The summed E-state index contributed by atoms with van der Waals surface area (Å²) in [6.45, 7) is 2.40. The normalized spacial score (nSPS) is 13.6. The van der Waals surface area contributed by atoms with Gasteiger partial charge in [-0.15, -0.1) is 0 Å². The number of nitrogens with zero attached hydrogens (tertiary/aromatic N) is 6. The second-order valence-corrected chi connectivity index (χ2v) is 7.70. The number of piperazine rings is 1. The largest absolute Gasteiger partial charge is 0.497 e. The minimum Gasteiger partial charge on any atom is -0.497 e. The molecule has 3 amide bonds. The fraction of sp³-hybridized carbons (Fsp3) is 0.348. The summed E-state index contributed by atoms with van der Waals surface area (Å²) in [5.41, 5.74) is 1.94. The molecule has 1 saturated heterocycles. The van der Waals surface area contributed by atoms with Crippen molar-refractivity contribution in [3.05, 3.63) is 66.4 Å². The predicted octanol–water partition coefficient (Wildman–Crippen LogP) is 1.66. The maximum Gasteiger partial charge on any atom is 0.317 e. The van der Waals surface area contributed by atoms with Crippen LogP contribution in [0.3, 0.4) is 0 Å². The van der Waals surface area contributed by atoms with E-state index in [9.17, 15) is 9.59 Å². The highest BCUT2D eigenvalue weighted by atomic mass is 16.5. The molecule has 0 saturated carbocycles. The summed E-state index contributed by atoms with van der Waals surface area (Å²) in [6.07, 6.45) is 5.81. The van der Waals surface area contributed by atoms with E-state index in [4.69, 9.17) is 4.74 Å². The quantitative estimate of drug-likeness (QED) is 0.588.